The van der Waals surface area contributed by atoms with E-state index in [0.29, 0.717) is 6.54 Å². The van der Waals surface area contributed by atoms with Crippen LogP contribution < -0.4 is 10.2 Å². The zero-order valence-corrected chi connectivity index (χ0v) is 15.6. The average Bonchev–Trinajstić information content (AvgIpc) is 2.60. The number of morpholine rings is 1. The fourth-order valence-corrected chi connectivity index (χ4v) is 2.96. The number of nitrogens with zero attached hydrogens (tertiary/aromatic N) is 2. The largest absolute Gasteiger partial charge is 0.378 e. The van der Waals surface area contributed by atoms with E-state index in [1.165, 1.54) is 12.6 Å². The van der Waals surface area contributed by atoms with Crippen LogP contribution in [0.25, 0.3) is 0 Å². The second kappa shape index (κ2) is 8.85. The van der Waals surface area contributed by atoms with E-state index < -0.39 is 6.04 Å². The molecule has 1 atom stereocenters. The van der Waals surface area contributed by atoms with Crippen molar-refractivity contribution in [1.82, 2.24) is 10.2 Å². The summed E-state index contributed by atoms with van der Waals surface area (Å²) in [7, 11) is 1.77. The van der Waals surface area contributed by atoms with Gasteiger partial charge < -0.3 is 19.9 Å². The highest BCUT2D eigenvalue weighted by molar-refractivity contribution is 5.86. The number of hydrogen-bond donors (Lipinski definition) is 1. The summed E-state index contributed by atoms with van der Waals surface area (Å²) in [4.78, 5) is 27.9. The lowest BCUT2D eigenvalue weighted by atomic mass is 10.0. The van der Waals surface area contributed by atoms with Crippen molar-refractivity contribution in [3.05, 3.63) is 29.8 Å². The highest BCUT2D eigenvalue weighted by Crippen LogP contribution is 2.18. The van der Waals surface area contributed by atoms with Crippen LogP contribution >= 0.6 is 0 Å². The topological polar surface area (TPSA) is 61.9 Å². The number of carbonyl (C=O) groups excluding carboxylic acids is 2. The molecule has 6 heteroatoms. The molecule has 1 aromatic rings. The number of anilines is 1. The van der Waals surface area contributed by atoms with E-state index in [1.54, 1.807) is 11.9 Å². The molecular weight excluding hydrogens is 318 g/mol. The Balaban J connectivity index is 1.97. The van der Waals surface area contributed by atoms with Crippen molar-refractivity contribution < 1.29 is 14.3 Å². The average molecular weight is 347 g/mol. The molecule has 1 aromatic carbocycles. The van der Waals surface area contributed by atoms with E-state index in [1.807, 2.05) is 13.8 Å². The minimum Gasteiger partial charge on any atom is -0.378 e. The predicted molar refractivity (Wildman–Crippen MR) is 98.4 cm³/mol. The molecule has 138 valence electrons. The van der Waals surface area contributed by atoms with Gasteiger partial charge in [0.25, 0.3) is 0 Å². The van der Waals surface area contributed by atoms with Crippen molar-refractivity contribution in [2.45, 2.75) is 33.4 Å². The van der Waals surface area contributed by atoms with E-state index in [0.717, 1.165) is 31.9 Å². The highest BCUT2D eigenvalue weighted by atomic mass is 16.5. The van der Waals surface area contributed by atoms with E-state index in [-0.39, 0.29) is 17.7 Å². The Morgan fingerprint density at radius 3 is 2.32 bits per heavy atom. The van der Waals surface area contributed by atoms with E-state index in [2.05, 4.69) is 34.5 Å². The van der Waals surface area contributed by atoms with Gasteiger partial charge >= 0.3 is 0 Å². The Kier molecular flexibility index (Phi) is 6.82. The second-order valence-electron chi connectivity index (χ2n) is 6.88. The SMILES string of the molecule is CC(=O)N[C@@H](C(=O)N(C)Cc1ccc(N2CCOCC2)cc1)C(C)C. The third-order valence-corrected chi connectivity index (χ3v) is 4.40. The highest BCUT2D eigenvalue weighted by Gasteiger charge is 2.26. The minimum atomic E-state index is -0.491. The van der Waals surface area contributed by atoms with Crippen LogP contribution in [0.4, 0.5) is 5.69 Å². The van der Waals surface area contributed by atoms with Crippen molar-refractivity contribution in [3.63, 3.8) is 0 Å². The van der Waals surface area contributed by atoms with Gasteiger partial charge in [0.2, 0.25) is 11.8 Å². The van der Waals surface area contributed by atoms with Crippen LogP contribution in [0.15, 0.2) is 24.3 Å². The van der Waals surface area contributed by atoms with Crippen LogP contribution in [-0.2, 0) is 20.9 Å². The van der Waals surface area contributed by atoms with Crippen LogP contribution in [0.1, 0.15) is 26.3 Å². The number of amides is 2. The molecule has 1 aliphatic rings. The molecule has 0 spiro atoms. The standard InChI is InChI=1S/C19H29N3O3/c1-14(2)18(20-15(3)23)19(24)21(4)13-16-5-7-17(8-6-16)22-9-11-25-12-10-22/h5-8,14,18H,9-13H2,1-4H3,(H,20,23)/t18-/m1/s1. The quantitative estimate of drug-likeness (QED) is 0.850. The zero-order chi connectivity index (χ0) is 18.4. The van der Waals surface area contributed by atoms with Gasteiger partial charge in [0.1, 0.15) is 6.04 Å². The first kappa shape index (κ1) is 19.2. The van der Waals surface area contributed by atoms with Crippen LogP contribution in [0.2, 0.25) is 0 Å². The molecule has 1 aliphatic heterocycles. The van der Waals surface area contributed by atoms with Crippen molar-refractivity contribution in [2.24, 2.45) is 5.92 Å². The number of ether oxygens (including phenoxy) is 1. The van der Waals surface area contributed by atoms with Gasteiger partial charge in [-0.3, -0.25) is 9.59 Å². The Morgan fingerprint density at radius 2 is 1.80 bits per heavy atom. The Morgan fingerprint density at radius 1 is 1.20 bits per heavy atom. The smallest absolute Gasteiger partial charge is 0.245 e. The molecule has 1 heterocycles. The molecule has 0 saturated carbocycles. The molecular formula is C19H29N3O3. The van der Waals surface area contributed by atoms with Gasteiger partial charge in [-0.15, -0.1) is 0 Å². The third kappa shape index (κ3) is 5.46. The maximum Gasteiger partial charge on any atom is 0.245 e. The molecule has 25 heavy (non-hydrogen) atoms. The van der Waals surface area contributed by atoms with Crippen LogP contribution in [0.3, 0.4) is 0 Å². The number of likely N-dealkylation sites (N-methyl/N-ethyl adjacent to an activating group) is 1. The van der Waals surface area contributed by atoms with Gasteiger partial charge in [-0.1, -0.05) is 26.0 Å². The molecule has 0 unspecified atom stereocenters. The maximum absolute atomic E-state index is 12.6. The predicted octanol–water partition coefficient (Wildman–Crippen LogP) is 1.64. The maximum atomic E-state index is 12.6. The van der Waals surface area contributed by atoms with Crippen molar-refractivity contribution >= 4 is 17.5 Å². The zero-order valence-electron chi connectivity index (χ0n) is 15.6. The summed E-state index contributed by atoms with van der Waals surface area (Å²) in [6.07, 6.45) is 0. The van der Waals surface area contributed by atoms with Crippen LogP contribution in [0.5, 0.6) is 0 Å². The van der Waals surface area contributed by atoms with Gasteiger partial charge in [0, 0.05) is 39.3 Å². The first-order valence-electron chi connectivity index (χ1n) is 8.82. The Bertz CT molecular complexity index is 580. The van der Waals surface area contributed by atoms with Crippen LogP contribution in [-0.4, -0.2) is 56.1 Å². The van der Waals surface area contributed by atoms with E-state index in [4.69, 9.17) is 4.74 Å². The fraction of sp³-hybridized carbons (Fsp3) is 0.579. The molecule has 1 saturated heterocycles. The lowest BCUT2D eigenvalue weighted by molar-refractivity contribution is -0.136. The molecule has 0 aliphatic carbocycles. The molecule has 6 nitrogen and oxygen atoms in total. The minimum absolute atomic E-state index is 0.0440. The lowest BCUT2D eigenvalue weighted by Gasteiger charge is -2.29. The number of rotatable bonds is 6. The van der Waals surface area contributed by atoms with Crippen LogP contribution in [0, 0.1) is 5.92 Å². The summed E-state index contributed by atoms with van der Waals surface area (Å²) in [5, 5.41) is 2.75. The number of carbonyl (C=O) groups is 2. The number of hydrogen-bond acceptors (Lipinski definition) is 4. The third-order valence-electron chi connectivity index (χ3n) is 4.40. The van der Waals surface area contributed by atoms with Gasteiger partial charge in [0.05, 0.1) is 13.2 Å². The normalized spacial score (nSPS) is 15.8. The van der Waals surface area contributed by atoms with Crippen molar-refractivity contribution in [3.8, 4) is 0 Å². The molecule has 1 N–H and O–H groups in total. The summed E-state index contributed by atoms with van der Waals surface area (Å²) < 4.78 is 5.38. The van der Waals surface area contributed by atoms with Gasteiger partial charge in [-0.2, -0.15) is 0 Å². The molecule has 1 fully saturated rings. The summed E-state index contributed by atoms with van der Waals surface area (Å²) >= 11 is 0. The van der Waals surface area contributed by atoms with Crippen molar-refractivity contribution in [1.29, 1.82) is 0 Å². The second-order valence-corrected chi connectivity index (χ2v) is 6.88. The van der Waals surface area contributed by atoms with Crippen molar-refractivity contribution in [2.75, 3.05) is 38.3 Å². The Labute approximate surface area is 150 Å². The van der Waals surface area contributed by atoms with Gasteiger partial charge in [-0.25, -0.2) is 0 Å². The van der Waals surface area contributed by atoms with E-state index >= 15 is 0 Å². The summed E-state index contributed by atoms with van der Waals surface area (Å²) in [6.45, 7) is 9.16. The van der Waals surface area contributed by atoms with Gasteiger partial charge in [0.15, 0.2) is 0 Å². The monoisotopic (exact) mass is 347 g/mol. The molecule has 0 aromatic heterocycles. The lowest BCUT2D eigenvalue weighted by Crippen LogP contribution is -2.49. The molecule has 2 rings (SSSR count). The summed E-state index contributed by atoms with van der Waals surface area (Å²) in [5.74, 6) is -0.208. The molecule has 0 bridgehead atoms. The first-order chi connectivity index (χ1) is 11.9. The number of benzene rings is 1. The number of nitrogens with one attached hydrogen (secondary N) is 1. The molecule has 2 amide bonds. The Hall–Kier alpha value is -2.08. The van der Waals surface area contributed by atoms with E-state index in [9.17, 15) is 9.59 Å². The fourth-order valence-electron chi connectivity index (χ4n) is 2.96. The summed E-state index contributed by atoms with van der Waals surface area (Å²) in [6, 6.07) is 7.80. The summed E-state index contributed by atoms with van der Waals surface area (Å²) in [5.41, 5.74) is 2.25. The van der Waals surface area contributed by atoms with Gasteiger partial charge in [-0.05, 0) is 23.6 Å². The molecule has 0 radical (unpaired) electrons. The first-order valence-corrected chi connectivity index (χ1v) is 8.82.